The Morgan fingerprint density at radius 3 is 2.33 bits per heavy atom. The van der Waals surface area contributed by atoms with Crippen molar-refractivity contribution in [1.82, 2.24) is 5.32 Å². The highest BCUT2D eigenvalue weighted by Gasteiger charge is 2.30. The van der Waals surface area contributed by atoms with E-state index in [1.807, 2.05) is 20.8 Å². The third-order valence-electron chi connectivity index (χ3n) is 5.18. The van der Waals surface area contributed by atoms with Gasteiger partial charge in [-0.25, -0.2) is 4.79 Å². The number of thioether (sulfide) groups is 1. The Hall–Kier alpha value is -0.950. The average Bonchev–Trinajstić information content (AvgIpc) is 2.63. The van der Waals surface area contributed by atoms with Crippen molar-refractivity contribution >= 4 is 23.8 Å². The van der Waals surface area contributed by atoms with Crippen LogP contribution in [0.1, 0.15) is 86.5 Å². The SMILES string of the molecule is CCOC(=O)[C@H](CC(C)C)SC[C@H](O)[C@H](CC1CCCCC1)NC(=O)OC(C)(C)C. The minimum Gasteiger partial charge on any atom is -0.465 e. The normalized spacial score (nSPS) is 18.5. The van der Waals surface area contributed by atoms with Gasteiger partial charge in [0, 0.05) is 5.75 Å². The molecule has 0 aliphatic heterocycles. The molecule has 0 radical (unpaired) electrons. The van der Waals surface area contributed by atoms with Crippen LogP contribution in [0.3, 0.4) is 0 Å². The van der Waals surface area contributed by atoms with Crippen LogP contribution in [-0.2, 0) is 14.3 Å². The predicted octanol–water partition coefficient (Wildman–Crippen LogP) is 4.92. The van der Waals surface area contributed by atoms with Crippen LogP contribution in [0.15, 0.2) is 0 Å². The van der Waals surface area contributed by atoms with Crippen LogP contribution >= 0.6 is 11.8 Å². The van der Waals surface area contributed by atoms with Crippen molar-refractivity contribution in [3.8, 4) is 0 Å². The van der Waals surface area contributed by atoms with E-state index in [2.05, 4.69) is 19.2 Å². The Labute approximate surface area is 187 Å². The zero-order chi connectivity index (χ0) is 22.7. The van der Waals surface area contributed by atoms with Crippen molar-refractivity contribution in [2.75, 3.05) is 12.4 Å². The van der Waals surface area contributed by atoms with E-state index >= 15 is 0 Å². The summed E-state index contributed by atoms with van der Waals surface area (Å²) in [4.78, 5) is 24.7. The summed E-state index contributed by atoms with van der Waals surface area (Å²) in [6.07, 6.45) is 6.09. The maximum Gasteiger partial charge on any atom is 0.407 e. The molecule has 1 aliphatic carbocycles. The molecule has 0 bridgehead atoms. The number of carbonyl (C=O) groups is 2. The highest BCUT2D eigenvalue weighted by atomic mass is 32.2. The fourth-order valence-corrected chi connectivity index (χ4v) is 5.17. The van der Waals surface area contributed by atoms with Crippen molar-refractivity contribution in [2.45, 2.75) is 109 Å². The molecule has 1 amide bonds. The van der Waals surface area contributed by atoms with Gasteiger partial charge in [0.2, 0.25) is 0 Å². The van der Waals surface area contributed by atoms with Gasteiger partial charge in [-0.05, 0) is 52.4 Å². The van der Waals surface area contributed by atoms with Crippen LogP contribution in [0.5, 0.6) is 0 Å². The predicted molar refractivity (Wildman–Crippen MR) is 123 cm³/mol. The molecular formula is C23H43NO5S. The number of carbonyl (C=O) groups excluding carboxylic acids is 2. The first-order valence-electron chi connectivity index (χ1n) is 11.5. The van der Waals surface area contributed by atoms with Crippen molar-refractivity contribution in [2.24, 2.45) is 11.8 Å². The molecule has 1 fully saturated rings. The number of ether oxygens (including phenoxy) is 2. The fraction of sp³-hybridized carbons (Fsp3) is 0.913. The standard InChI is InChI=1S/C23H43NO5S/c1-7-28-21(26)20(13-16(2)3)30-15-19(25)18(14-17-11-9-8-10-12-17)24-22(27)29-23(4,5)6/h16-20,25H,7-15H2,1-6H3,(H,24,27)/t18-,19-,20-/m0/s1. The van der Waals surface area contributed by atoms with Gasteiger partial charge in [-0.15, -0.1) is 11.8 Å². The summed E-state index contributed by atoms with van der Waals surface area (Å²) in [5.41, 5.74) is -0.592. The molecule has 1 aliphatic rings. The lowest BCUT2D eigenvalue weighted by molar-refractivity contribution is -0.142. The minimum absolute atomic E-state index is 0.229. The van der Waals surface area contributed by atoms with Crippen molar-refractivity contribution < 1.29 is 24.2 Å². The van der Waals surface area contributed by atoms with Gasteiger partial charge in [0.05, 0.1) is 18.8 Å². The molecule has 2 N–H and O–H groups in total. The van der Waals surface area contributed by atoms with E-state index in [-0.39, 0.29) is 11.2 Å². The summed E-state index contributed by atoms with van der Waals surface area (Å²) in [7, 11) is 0. The number of aliphatic hydroxyl groups is 1. The largest absolute Gasteiger partial charge is 0.465 e. The lowest BCUT2D eigenvalue weighted by Crippen LogP contribution is -2.47. The molecule has 0 saturated heterocycles. The lowest BCUT2D eigenvalue weighted by atomic mass is 9.84. The Morgan fingerprint density at radius 2 is 1.80 bits per heavy atom. The second kappa shape index (κ2) is 13.5. The molecule has 0 aromatic heterocycles. The van der Waals surface area contributed by atoms with Crippen LogP contribution in [0, 0.1) is 11.8 Å². The lowest BCUT2D eigenvalue weighted by Gasteiger charge is -2.31. The molecule has 0 spiro atoms. The Kier molecular flexibility index (Phi) is 12.2. The van der Waals surface area contributed by atoms with E-state index in [1.165, 1.54) is 31.0 Å². The molecule has 0 aromatic carbocycles. The van der Waals surface area contributed by atoms with Crippen molar-refractivity contribution in [3.05, 3.63) is 0 Å². The average molecular weight is 446 g/mol. The molecule has 0 heterocycles. The number of aliphatic hydroxyl groups excluding tert-OH is 1. The van der Waals surface area contributed by atoms with E-state index in [0.717, 1.165) is 19.3 Å². The topological polar surface area (TPSA) is 84.9 Å². The first-order valence-corrected chi connectivity index (χ1v) is 12.5. The van der Waals surface area contributed by atoms with Crippen molar-refractivity contribution in [1.29, 1.82) is 0 Å². The summed E-state index contributed by atoms with van der Waals surface area (Å²) >= 11 is 1.42. The van der Waals surface area contributed by atoms with Gasteiger partial charge in [0.1, 0.15) is 10.9 Å². The van der Waals surface area contributed by atoms with Crippen LogP contribution in [0.25, 0.3) is 0 Å². The van der Waals surface area contributed by atoms with E-state index in [1.54, 1.807) is 6.92 Å². The van der Waals surface area contributed by atoms with Crippen LogP contribution in [0.2, 0.25) is 0 Å². The number of esters is 1. The molecule has 3 atom stereocenters. The maximum atomic E-state index is 12.4. The van der Waals surface area contributed by atoms with Crippen LogP contribution in [-0.4, -0.2) is 52.5 Å². The van der Waals surface area contributed by atoms with Gasteiger partial charge in [-0.1, -0.05) is 46.0 Å². The van der Waals surface area contributed by atoms with E-state index in [4.69, 9.17) is 9.47 Å². The third-order valence-corrected chi connectivity index (χ3v) is 6.50. The molecule has 30 heavy (non-hydrogen) atoms. The highest BCUT2D eigenvalue weighted by Crippen LogP contribution is 2.29. The fourth-order valence-electron chi connectivity index (χ4n) is 3.78. The molecule has 1 saturated carbocycles. The van der Waals surface area contributed by atoms with Gasteiger partial charge in [0.25, 0.3) is 0 Å². The minimum atomic E-state index is -0.756. The van der Waals surface area contributed by atoms with Gasteiger partial charge >= 0.3 is 12.1 Å². The van der Waals surface area contributed by atoms with Gasteiger partial charge in [-0.2, -0.15) is 0 Å². The Balaban J connectivity index is 2.76. The van der Waals surface area contributed by atoms with Crippen LogP contribution < -0.4 is 5.32 Å². The number of hydrogen-bond donors (Lipinski definition) is 2. The number of amides is 1. The smallest absolute Gasteiger partial charge is 0.407 e. The third kappa shape index (κ3) is 11.4. The second-order valence-electron chi connectivity index (χ2n) is 9.76. The summed E-state index contributed by atoms with van der Waals surface area (Å²) in [6.45, 7) is 11.8. The molecule has 1 rings (SSSR count). The van der Waals surface area contributed by atoms with Crippen molar-refractivity contribution in [3.63, 3.8) is 0 Å². The first-order chi connectivity index (χ1) is 14.0. The van der Waals surface area contributed by atoms with Gasteiger partial charge in [-0.3, -0.25) is 4.79 Å². The summed E-state index contributed by atoms with van der Waals surface area (Å²) < 4.78 is 10.6. The van der Waals surface area contributed by atoms with E-state index in [9.17, 15) is 14.7 Å². The zero-order valence-electron chi connectivity index (χ0n) is 19.7. The number of hydrogen-bond acceptors (Lipinski definition) is 6. The monoisotopic (exact) mass is 445 g/mol. The molecule has 0 aromatic rings. The molecule has 176 valence electrons. The molecule has 0 unspecified atom stereocenters. The van der Waals surface area contributed by atoms with E-state index in [0.29, 0.717) is 30.6 Å². The van der Waals surface area contributed by atoms with Gasteiger partial charge < -0.3 is 19.9 Å². The highest BCUT2D eigenvalue weighted by molar-refractivity contribution is 8.00. The van der Waals surface area contributed by atoms with Gasteiger partial charge in [0.15, 0.2) is 0 Å². The Bertz CT molecular complexity index is 514. The number of alkyl carbamates (subject to hydrolysis) is 1. The first kappa shape index (κ1) is 27.1. The molecule has 6 nitrogen and oxygen atoms in total. The summed E-state index contributed by atoms with van der Waals surface area (Å²) in [6, 6.07) is -0.391. The number of rotatable bonds is 11. The maximum absolute atomic E-state index is 12.4. The molecular weight excluding hydrogens is 402 g/mol. The number of nitrogens with one attached hydrogen (secondary N) is 1. The second-order valence-corrected chi connectivity index (χ2v) is 11.0. The summed E-state index contributed by atoms with van der Waals surface area (Å²) in [5, 5.41) is 13.5. The quantitative estimate of drug-likeness (QED) is 0.439. The van der Waals surface area contributed by atoms with Crippen LogP contribution in [0.4, 0.5) is 4.79 Å². The molecule has 7 heteroatoms. The zero-order valence-corrected chi connectivity index (χ0v) is 20.6. The summed E-state index contributed by atoms with van der Waals surface area (Å²) in [5.74, 6) is 0.979. The Morgan fingerprint density at radius 1 is 1.17 bits per heavy atom. The van der Waals surface area contributed by atoms with E-state index < -0.39 is 23.8 Å².